The maximum absolute atomic E-state index is 13.5. The maximum Gasteiger partial charge on any atom is 0.573 e. The quantitative estimate of drug-likeness (QED) is 0.396. The van der Waals surface area contributed by atoms with E-state index in [1.165, 1.54) is 18.2 Å². The fourth-order valence-corrected chi connectivity index (χ4v) is 6.19. The first-order chi connectivity index (χ1) is 18.8. The summed E-state index contributed by atoms with van der Waals surface area (Å²) in [6, 6.07) is 8.04. The number of piperidine rings is 1. The van der Waals surface area contributed by atoms with Crippen LogP contribution in [-0.2, 0) is 28.1 Å². The Bertz CT molecular complexity index is 1450. The Hall–Kier alpha value is -3.02. The molecular formula is C28H31Cl2F3N4O4. The number of nitrogens with zero attached hydrogens (tertiary/aromatic N) is 4. The number of fused-ring (bicyclic) bond motifs is 3. The molecule has 0 aliphatic carbocycles. The van der Waals surface area contributed by atoms with E-state index >= 15 is 0 Å². The highest BCUT2D eigenvalue weighted by atomic mass is 35.5. The number of benzene rings is 1. The molecular weight excluding hydrogens is 584 g/mol. The summed E-state index contributed by atoms with van der Waals surface area (Å²) in [5.41, 5.74) is 2.98. The lowest BCUT2D eigenvalue weighted by molar-refractivity contribution is -0.274. The number of carbonyl (C=O) groups is 2. The number of amides is 1. The summed E-state index contributed by atoms with van der Waals surface area (Å²) >= 11 is 6.13. The Morgan fingerprint density at radius 1 is 1.20 bits per heavy atom. The molecule has 13 heteroatoms. The van der Waals surface area contributed by atoms with E-state index in [4.69, 9.17) is 11.6 Å². The Labute approximate surface area is 246 Å². The zero-order valence-corrected chi connectivity index (χ0v) is 24.2. The van der Waals surface area contributed by atoms with E-state index in [0.717, 1.165) is 22.3 Å². The standard InChI is InChI=1S/C28H30ClF3N4O4.ClH/c1-27(2)16-35(23(37)15-34-10-7-18(8-11-34)26(38)39)14-21-24(27)19-4-3-9-33-25(19)36(21)13-17-5-6-22(20(29)12-17)40-28(30,31)32;/h3-6,9,12,18H,7-8,10-11,13-16H2,1-2H3,(H,38,39);1H. The Morgan fingerprint density at radius 3 is 2.54 bits per heavy atom. The van der Waals surface area contributed by atoms with Crippen molar-refractivity contribution in [3.63, 3.8) is 0 Å². The van der Waals surface area contributed by atoms with Crippen molar-refractivity contribution >= 4 is 46.9 Å². The minimum absolute atomic E-state index is 0. The molecule has 0 atom stereocenters. The topological polar surface area (TPSA) is 87.9 Å². The Morgan fingerprint density at radius 2 is 1.90 bits per heavy atom. The van der Waals surface area contributed by atoms with Gasteiger partial charge in [0.25, 0.3) is 0 Å². The monoisotopic (exact) mass is 614 g/mol. The van der Waals surface area contributed by atoms with Crippen LogP contribution in [0.3, 0.4) is 0 Å². The summed E-state index contributed by atoms with van der Waals surface area (Å²) in [7, 11) is 0. The van der Waals surface area contributed by atoms with E-state index in [-0.39, 0.29) is 42.3 Å². The van der Waals surface area contributed by atoms with Gasteiger partial charge < -0.3 is 19.3 Å². The molecule has 0 saturated carbocycles. The molecule has 2 aromatic heterocycles. The number of aromatic nitrogens is 2. The molecule has 1 saturated heterocycles. The van der Waals surface area contributed by atoms with Gasteiger partial charge in [0.1, 0.15) is 11.4 Å². The fourth-order valence-electron chi connectivity index (χ4n) is 5.95. The van der Waals surface area contributed by atoms with Crippen molar-refractivity contribution in [1.29, 1.82) is 0 Å². The van der Waals surface area contributed by atoms with Crippen LogP contribution in [-0.4, -0.2) is 68.9 Å². The molecule has 222 valence electrons. The van der Waals surface area contributed by atoms with Crippen molar-refractivity contribution in [2.75, 3.05) is 26.2 Å². The largest absolute Gasteiger partial charge is 0.573 e. The van der Waals surface area contributed by atoms with E-state index < -0.39 is 23.5 Å². The number of rotatable bonds is 6. The molecule has 4 heterocycles. The summed E-state index contributed by atoms with van der Waals surface area (Å²) < 4.78 is 44.1. The number of carbonyl (C=O) groups excluding carboxylic acids is 1. The molecule has 1 aromatic carbocycles. The lowest BCUT2D eigenvalue weighted by Gasteiger charge is -2.40. The van der Waals surface area contributed by atoms with Gasteiger partial charge >= 0.3 is 12.3 Å². The molecule has 8 nitrogen and oxygen atoms in total. The van der Waals surface area contributed by atoms with Crippen molar-refractivity contribution in [1.82, 2.24) is 19.4 Å². The SMILES string of the molecule is CC1(C)CN(C(=O)CN2CCC(C(=O)O)CC2)Cc2c1c1cccnc1n2Cc1ccc(OC(F)(F)F)c(Cl)c1.Cl. The van der Waals surface area contributed by atoms with Gasteiger partial charge in [-0.25, -0.2) is 4.98 Å². The van der Waals surface area contributed by atoms with Crippen molar-refractivity contribution in [2.45, 2.75) is 51.6 Å². The highest BCUT2D eigenvalue weighted by molar-refractivity contribution is 6.32. The minimum Gasteiger partial charge on any atom is -0.481 e. The first kappa shape index (κ1) is 30.9. The third-order valence-corrected chi connectivity index (χ3v) is 8.04. The molecule has 1 amide bonds. The number of hydrogen-bond acceptors (Lipinski definition) is 5. The maximum atomic E-state index is 13.5. The van der Waals surface area contributed by atoms with Crippen LogP contribution in [0.1, 0.15) is 43.5 Å². The van der Waals surface area contributed by atoms with Crippen LogP contribution in [0.15, 0.2) is 36.5 Å². The predicted octanol–water partition coefficient (Wildman–Crippen LogP) is 5.47. The van der Waals surface area contributed by atoms with Crippen LogP contribution in [0.2, 0.25) is 5.02 Å². The summed E-state index contributed by atoms with van der Waals surface area (Å²) in [5, 5.41) is 10.1. The average Bonchev–Trinajstić information content (AvgIpc) is 3.19. The normalized spacial score (nSPS) is 17.7. The third-order valence-electron chi connectivity index (χ3n) is 7.74. The summed E-state index contributed by atoms with van der Waals surface area (Å²) in [6.07, 6.45) is -2.12. The van der Waals surface area contributed by atoms with E-state index in [0.29, 0.717) is 44.6 Å². The number of hydrogen-bond donors (Lipinski definition) is 1. The molecule has 2 aliphatic rings. The fraction of sp³-hybridized carbons (Fsp3) is 0.464. The highest BCUT2D eigenvalue weighted by Crippen LogP contribution is 2.41. The van der Waals surface area contributed by atoms with Gasteiger partial charge in [-0.05, 0) is 61.3 Å². The molecule has 41 heavy (non-hydrogen) atoms. The van der Waals surface area contributed by atoms with Crippen molar-refractivity contribution in [3.05, 3.63) is 58.4 Å². The van der Waals surface area contributed by atoms with Crippen molar-refractivity contribution in [3.8, 4) is 5.75 Å². The van der Waals surface area contributed by atoms with Crippen LogP contribution >= 0.6 is 24.0 Å². The van der Waals surface area contributed by atoms with Gasteiger partial charge in [-0.2, -0.15) is 0 Å². The molecule has 1 N–H and O–H groups in total. The minimum atomic E-state index is -4.85. The molecule has 2 aliphatic heterocycles. The van der Waals surface area contributed by atoms with Crippen LogP contribution < -0.4 is 4.74 Å². The first-order valence-corrected chi connectivity index (χ1v) is 13.4. The number of alkyl halides is 3. The van der Waals surface area contributed by atoms with Gasteiger partial charge in [-0.3, -0.25) is 14.5 Å². The number of aliphatic carboxylic acids is 1. The molecule has 0 spiro atoms. The molecule has 0 bridgehead atoms. The average molecular weight is 615 g/mol. The Kier molecular flexibility index (Phi) is 8.82. The van der Waals surface area contributed by atoms with Crippen LogP contribution in [0.25, 0.3) is 11.0 Å². The predicted molar refractivity (Wildman–Crippen MR) is 149 cm³/mol. The third kappa shape index (κ3) is 6.57. The van der Waals surface area contributed by atoms with Crippen LogP contribution in [0, 0.1) is 5.92 Å². The van der Waals surface area contributed by atoms with Gasteiger partial charge in [0.15, 0.2) is 0 Å². The summed E-state index contributed by atoms with van der Waals surface area (Å²) in [6.45, 7) is 6.65. The zero-order chi connectivity index (χ0) is 28.8. The number of carboxylic acid groups (broad SMARTS) is 1. The molecule has 0 radical (unpaired) electrons. The van der Waals surface area contributed by atoms with Gasteiger partial charge in [-0.15, -0.1) is 25.6 Å². The van der Waals surface area contributed by atoms with Crippen LogP contribution in [0.4, 0.5) is 13.2 Å². The second kappa shape index (κ2) is 11.7. The summed E-state index contributed by atoms with van der Waals surface area (Å²) in [4.78, 5) is 33.2. The van der Waals surface area contributed by atoms with E-state index in [1.54, 1.807) is 6.20 Å². The Balaban J connectivity index is 0.00000387. The van der Waals surface area contributed by atoms with E-state index in [1.807, 2.05) is 26.5 Å². The lowest BCUT2D eigenvalue weighted by Crippen LogP contribution is -2.49. The molecule has 1 fully saturated rings. The number of ether oxygens (including phenoxy) is 1. The number of pyridine rings is 1. The van der Waals surface area contributed by atoms with Gasteiger partial charge in [0.05, 0.1) is 24.0 Å². The number of carboxylic acids is 1. The number of halogens is 5. The van der Waals surface area contributed by atoms with Crippen LogP contribution in [0.5, 0.6) is 5.75 Å². The van der Waals surface area contributed by atoms with E-state index in [2.05, 4.69) is 23.6 Å². The zero-order valence-electron chi connectivity index (χ0n) is 22.6. The van der Waals surface area contributed by atoms with Crippen molar-refractivity contribution in [2.24, 2.45) is 5.92 Å². The van der Waals surface area contributed by atoms with Gasteiger partial charge in [0, 0.05) is 35.8 Å². The van der Waals surface area contributed by atoms with Gasteiger partial charge in [-0.1, -0.05) is 31.5 Å². The second-order valence-electron chi connectivity index (χ2n) is 11.1. The van der Waals surface area contributed by atoms with E-state index in [9.17, 15) is 27.9 Å². The smallest absolute Gasteiger partial charge is 0.481 e. The van der Waals surface area contributed by atoms with Gasteiger partial charge in [0.2, 0.25) is 5.91 Å². The highest BCUT2D eigenvalue weighted by Gasteiger charge is 2.39. The molecule has 3 aromatic rings. The lowest BCUT2D eigenvalue weighted by atomic mass is 9.79. The summed E-state index contributed by atoms with van der Waals surface area (Å²) in [5.74, 6) is -1.66. The molecule has 0 unspecified atom stereocenters. The van der Waals surface area contributed by atoms with Crippen molar-refractivity contribution < 1.29 is 32.6 Å². The number of likely N-dealkylation sites (tertiary alicyclic amines) is 1. The molecule has 5 rings (SSSR count). The second-order valence-corrected chi connectivity index (χ2v) is 11.5. The first-order valence-electron chi connectivity index (χ1n) is 13.1.